The summed E-state index contributed by atoms with van der Waals surface area (Å²) in [5, 5.41) is 2.86. The number of para-hydroxylation sites is 1. The van der Waals surface area contributed by atoms with Gasteiger partial charge in [0.25, 0.3) is 0 Å². The number of rotatable bonds is 7. The number of anilines is 1. The first-order chi connectivity index (χ1) is 12.6. The molecule has 0 saturated carbocycles. The zero-order valence-corrected chi connectivity index (χ0v) is 16.1. The standard InChI is InChI=1S/C21H25N3O2.ClH/c22-18(16-7-2-1-3-8-16)15-20(25)23-13-6-11-21(26)24-14-12-17-9-4-5-10-19(17)24;/h1-5,7-10,18H,6,11-15,22H2,(H,23,25);1H. The Bertz CT molecular complexity index is 767. The van der Waals surface area contributed by atoms with Gasteiger partial charge in [0.2, 0.25) is 11.8 Å². The Labute approximate surface area is 166 Å². The minimum absolute atomic E-state index is 0. The molecule has 3 N–H and O–H groups in total. The number of nitrogens with two attached hydrogens (primary N) is 1. The summed E-state index contributed by atoms with van der Waals surface area (Å²) < 4.78 is 0. The van der Waals surface area contributed by atoms with Crippen molar-refractivity contribution in [2.45, 2.75) is 31.7 Å². The van der Waals surface area contributed by atoms with Gasteiger partial charge in [0, 0.05) is 37.7 Å². The molecule has 3 rings (SSSR count). The molecule has 0 aromatic heterocycles. The summed E-state index contributed by atoms with van der Waals surface area (Å²) in [6, 6.07) is 17.3. The highest BCUT2D eigenvalue weighted by atomic mass is 35.5. The van der Waals surface area contributed by atoms with Gasteiger partial charge in [-0.15, -0.1) is 12.4 Å². The molecule has 5 nitrogen and oxygen atoms in total. The molecule has 2 aromatic rings. The molecule has 0 spiro atoms. The molecule has 0 radical (unpaired) electrons. The predicted octanol–water partition coefficient (Wildman–Crippen LogP) is 2.98. The largest absolute Gasteiger partial charge is 0.356 e. The average Bonchev–Trinajstić information content (AvgIpc) is 3.10. The monoisotopic (exact) mass is 387 g/mol. The van der Waals surface area contributed by atoms with E-state index in [1.165, 1.54) is 5.56 Å². The predicted molar refractivity (Wildman–Crippen MR) is 110 cm³/mol. The van der Waals surface area contributed by atoms with Gasteiger partial charge in [-0.25, -0.2) is 0 Å². The van der Waals surface area contributed by atoms with Gasteiger partial charge in [-0.3, -0.25) is 9.59 Å². The zero-order chi connectivity index (χ0) is 18.4. The van der Waals surface area contributed by atoms with Crippen LogP contribution in [0.3, 0.4) is 0 Å². The lowest BCUT2D eigenvalue weighted by atomic mass is 10.0. The maximum absolute atomic E-state index is 12.4. The fourth-order valence-corrected chi connectivity index (χ4v) is 3.29. The maximum atomic E-state index is 12.4. The van der Waals surface area contributed by atoms with Crippen LogP contribution in [0.1, 0.15) is 36.4 Å². The molecule has 1 atom stereocenters. The lowest BCUT2D eigenvalue weighted by Gasteiger charge is -2.17. The molecule has 2 amide bonds. The summed E-state index contributed by atoms with van der Waals surface area (Å²) in [4.78, 5) is 26.3. The van der Waals surface area contributed by atoms with Gasteiger partial charge in [0.1, 0.15) is 0 Å². The van der Waals surface area contributed by atoms with E-state index in [1.54, 1.807) is 0 Å². The molecule has 0 aliphatic carbocycles. The molecule has 1 unspecified atom stereocenters. The second-order valence-electron chi connectivity index (χ2n) is 6.60. The molecule has 0 bridgehead atoms. The number of amides is 2. The van der Waals surface area contributed by atoms with Crippen LogP contribution in [0.4, 0.5) is 5.69 Å². The summed E-state index contributed by atoms with van der Waals surface area (Å²) in [6.07, 6.45) is 2.22. The Balaban J connectivity index is 0.00000261. The molecule has 1 aliphatic heterocycles. The van der Waals surface area contributed by atoms with Crippen molar-refractivity contribution in [3.63, 3.8) is 0 Å². The van der Waals surface area contributed by atoms with Crippen molar-refractivity contribution in [2.24, 2.45) is 5.73 Å². The third-order valence-electron chi connectivity index (χ3n) is 4.71. The number of hydrogen-bond acceptors (Lipinski definition) is 3. The SMILES string of the molecule is Cl.NC(CC(=O)NCCCC(=O)N1CCc2ccccc21)c1ccccc1. The van der Waals surface area contributed by atoms with E-state index >= 15 is 0 Å². The van der Waals surface area contributed by atoms with E-state index in [0.29, 0.717) is 19.4 Å². The van der Waals surface area contributed by atoms with Crippen molar-refractivity contribution in [1.82, 2.24) is 5.32 Å². The molecule has 1 aliphatic rings. The lowest BCUT2D eigenvalue weighted by molar-refractivity contribution is -0.122. The van der Waals surface area contributed by atoms with E-state index in [1.807, 2.05) is 53.4 Å². The smallest absolute Gasteiger partial charge is 0.227 e. The Morgan fingerprint density at radius 2 is 1.78 bits per heavy atom. The normalized spacial score (nSPS) is 13.4. The number of carbonyl (C=O) groups excluding carboxylic acids is 2. The molecule has 2 aromatic carbocycles. The minimum Gasteiger partial charge on any atom is -0.356 e. The van der Waals surface area contributed by atoms with Crippen molar-refractivity contribution < 1.29 is 9.59 Å². The van der Waals surface area contributed by atoms with Crippen LogP contribution in [0.15, 0.2) is 54.6 Å². The minimum atomic E-state index is -0.307. The van der Waals surface area contributed by atoms with Gasteiger partial charge in [0.05, 0.1) is 0 Å². The zero-order valence-electron chi connectivity index (χ0n) is 15.3. The first-order valence-electron chi connectivity index (χ1n) is 9.10. The summed E-state index contributed by atoms with van der Waals surface area (Å²) in [5.74, 6) is 0.0329. The van der Waals surface area contributed by atoms with Crippen molar-refractivity contribution in [3.8, 4) is 0 Å². The topological polar surface area (TPSA) is 75.4 Å². The van der Waals surface area contributed by atoms with Crippen LogP contribution in [-0.2, 0) is 16.0 Å². The van der Waals surface area contributed by atoms with E-state index in [-0.39, 0.29) is 36.7 Å². The van der Waals surface area contributed by atoms with E-state index in [2.05, 4.69) is 11.4 Å². The molecule has 6 heteroatoms. The van der Waals surface area contributed by atoms with Crippen LogP contribution < -0.4 is 16.0 Å². The van der Waals surface area contributed by atoms with E-state index in [0.717, 1.165) is 24.2 Å². The van der Waals surface area contributed by atoms with E-state index in [9.17, 15) is 9.59 Å². The van der Waals surface area contributed by atoms with Gasteiger partial charge in [0.15, 0.2) is 0 Å². The quantitative estimate of drug-likeness (QED) is 0.717. The van der Waals surface area contributed by atoms with Crippen LogP contribution in [0.5, 0.6) is 0 Å². The average molecular weight is 388 g/mol. The fraction of sp³-hybridized carbons (Fsp3) is 0.333. The second kappa shape index (κ2) is 10.1. The summed E-state index contributed by atoms with van der Waals surface area (Å²) >= 11 is 0. The second-order valence-corrected chi connectivity index (χ2v) is 6.60. The Kier molecular flexibility index (Phi) is 7.82. The van der Waals surface area contributed by atoms with Gasteiger partial charge < -0.3 is 16.0 Å². The van der Waals surface area contributed by atoms with Gasteiger partial charge in [-0.05, 0) is 30.0 Å². The first-order valence-corrected chi connectivity index (χ1v) is 9.10. The summed E-state index contributed by atoms with van der Waals surface area (Å²) in [6.45, 7) is 1.23. The third-order valence-corrected chi connectivity index (χ3v) is 4.71. The van der Waals surface area contributed by atoms with Gasteiger partial charge in [-0.2, -0.15) is 0 Å². The van der Waals surface area contributed by atoms with Crippen LogP contribution in [-0.4, -0.2) is 24.9 Å². The van der Waals surface area contributed by atoms with Crippen LogP contribution in [0, 0.1) is 0 Å². The molecule has 27 heavy (non-hydrogen) atoms. The van der Waals surface area contributed by atoms with Crippen LogP contribution >= 0.6 is 12.4 Å². The third kappa shape index (κ3) is 5.55. The number of hydrogen-bond donors (Lipinski definition) is 2. The van der Waals surface area contributed by atoms with Crippen molar-refractivity contribution in [2.75, 3.05) is 18.0 Å². The fourth-order valence-electron chi connectivity index (χ4n) is 3.29. The number of halogens is 1. The van der Waals surface area contributed by atoms with E-state index in [4.69, 9.17) is 5.73 Å². The Morgan fingerprint density at radius 1 is 1.07 bits per heavy atom. The van der Waals surface area contributed by atoms with E-state index < -0.39 is 0 Å². The molecule has 0 saturated heterocycles. The van der Waals surface area contributed by atoms with Crippen molar-refractivity contribution in [3.05, 3.63) is 65.7 Å². The van der Waals surface area contributed by atoms with Crippen LogP contribution in [0.2, 0.25) is 0 Å². The number of carbonyl (C=O) groups is 2. The van der Waals surface area contributed by atoms with Gasteiger partial charge >= 0.3 is 0 Å². The van der Waals surface area contributed by atoms with Crippen LogP contribution in [0.25, 0.3) is 0 Å². The molecular weight excluding hydrogens is 362 g/mol. The Morgan fingerprint density at radius 3 is 2.56 bits per heavy atom. The number of nitrogens with zero attached hydrogens (tertiary/aromatic N) is 1. The number of nitrogens with one attached hydrogen (secondary N) is 1. The Hall–Kier alpha value is -2.37. The lowest BCUT2D eigenvalue weighted by Crippen LogP contribution is -2.31. The number of fused-ring (bicyclic) bond motifs is 1. The maximum Gasteiger partial charge on any atom is 0.227 e. The summed E-state index contributed by atoms with van der Waals surface area (Å²) in [7, 11) is 0. The number of benzene rings is 2. The van der Waals surface area contributed by atoms with Gasteiger partial charge in [-0.1, -0.05) is 48.5 Å². The molecule has 1 heterocycles. The highest BCUT2D eigenvalue weighted by Gasteiger charge is 2.23. The molecule has 144 valence electrons. The highest BCUT2D eigenvalue weighted by Crippen LogP contribution is 2.27. The van der Waals surface area contributed by atoms with Crippen molar-refractivity contribution in [1.29, 1.82) is 0 Å². The first kappa shape index (κ1) is 20.9. The molecule has 0 fully saturated rings. The van der Waals surface area contributed by atoms with Crippen molar-refractivity contribution >= 4 is 29.9 Å². The summed E-state index contributed by atoms with van der Waals surface area (Å²) in [5.41, 5.74) is 9.25. The highest BCUT2D eigenvalue weighted by molar-refractivity contribution is 5.95. The molecular formula is C21H26ClN3O2.